The molecule has 0 unspecified atom stereocenters. The summed E-state index contributed by atoms with van der Waals surface area (Å²) in [5, 5.41) is 3.12. The summed E-state index contributed by atoms with van der Waals surface area (Å²) < 4.78 is 0. The lowest BCUT2D eigenvalue weighted by atomic mass is 10.4. The fourth-order valence-corrected chi connectivity index (χ4v) is 1.23. The molecule has 0 aromatic carbocycles. The average molecular weight is 223 g/mol. The summed E-state index contributed by atoms with van der Waals surface area (Å²) in [6, 6.07) is 0.256. The van der Waals surface area contributed by atoms with Crippen molar-refractivity contribution in [1.82, 2.24) is 19.9 Å². The zero-order valence-electron chi connectivity index (χ0n) is 9.96. The van der Waals surface area contributed by atoms with Crippen LogP contribution in [0.25, 0.3) is 11.2 Å². The van der Waals surface area contributed by atoms with E-state index in [-0.39, 0.29) is 11.7 Å². The summed E-state index contributed by atoms with van der Waals surface area (Å²) in [7, 11) is 0. The van der Waals surface area contributed by atoms with E-state index in [9.17, 15) is 4.79 Å². The van der Waals surface area contributed by atoms with Crippen molar-refractivity contribution in [3.05, 3.63) is 16.8 Å². The molecule has 88 valence electrons. The van der Waals surface area contributed by atoms with Gasteiger partial charge in [-0.2, -0.15) is 0 Å². The van der Waals surface area contributed by atoms with Crippen molar-refractivity contribution < 1.29 is 0 Å². The van der Waals surface area contributed by atoms with Crippen LogP contribution in [0, 0.1) is 0 Å². The second-order valence-corrected chi connectivity index (χ2v) is 3.32. The van der Waals surface area contributed by atoms with Gasteiger partial charge in [-0.05, 0) is 13.8 Å². The van der Waals surface area contributed by atoms with Crippen molar-refractivity contribution in [3.63, 3.8) is 0 Å². The largest absolute Gasteiger partial charge is 0.366 e. The van der Waals surface area contributed by atoms with Gasteiger partial charge in [0.05, 0.1) is 0 Å². The molecule has 2 aromatic rings. The number of H-pyrrole nitrogens is 2. The van der Waals surface area contributed by atoms with Gasteiger partial charge in [0.25, 0.3) is 0 Å². The number of aromatic nitrogens is 4. The molecule has 0 radical (unpaired) electrons. The molecular formula is C10H17N5O. The second-order valence-electron chi connectivity index (χ2n) is 3.32. The highest BCUT2D eigenvalue weighted by molar-refractivity contribution is 5.81. The highest BCUT2D eigenvalue weighted by Gasteiger charge is 2.06. The maximum Gasteiger partial charge on any atom is 0.325 e. The smallest absolute Gasteiger partial charge is 0.325 e. The molecule has 0 aliphatic heterocycles. The Kier molecular flexibility index (Phi) is 4.04. The molecule has 2 heterocycles. The third kappa shape index (κ3) is 2.59. The van der Waals surface area contributed by atoms with E-state index in [0.717, 1.165) is 0 Å². The highest BCUT2D eigenvalue weighted by Crippen LogP contribution is 2.13. The molecule has 0 aliphatic rings. The Morgan fingerprint density at radius 1 is 1.25 bits per heavy atom. The van der Waals surface area contributed by atoms with Gasteiger partial charge >= 0.3 is 5.69 Å². The van der Waals surface area contributed by atoms with Gasteiger partial charge in [0.2, 0.25) is 0 Å². The molecule has 0 bridgehead atoms. The van der Waals surface area contributed by atoms with Crippen LogP contribution < -0.4 is 11.0 Å². The van der Waals surface area contributed by atoms with Crippen molar-refractivity contribution in [3.8, 4) is 0 Å². The topological polar surface area (TPSA) is 86.5 Å². The molecule has 0 saturated carbocycles. The van der Waals surface area contributed by atoms with Crippen LogP contribution in [-0.2, 0) is 0 Å². The van der Waals surface area contributed by atoms with Crippen LogP contribution in [0.4, 0.5) is 5.82 Å². The molecule has 0 fully saturated rings. The fourth-order valence-electron chi connectivity index (χ4n) is 1.23. The lowest BCUT2D eigenvalue weighted by molar-refractivity contribution is 0.889. The minimum atomic E-state index is -0.271. The molecule has 16 heavy (non-hydrogen) atoms. The molecule has 2 aromatic heterocycles. The quantitative estimate of drug-likeness (QED) is 0.720. The van der Waals surface area contributed by atoms with Gasteiger partial charge in [0, 0.05) is 6.04 Å². The number of nitrogens with zero attached hydrogens (tertiary/aromatic N) is 2. The lowest BCUT2D eigenvalue weighted by Gasteiger charge is -2.08. The molecule has 0 amide bonds. The van der Waals surface area contributed by atoms with Gasteiger partial charge in [0.15, 0.2) is 11.5 Å². The average Bonchev–Trinajstić information content (AvgIpc) is 2.62. The van der Waals surface area contributed by atoms with Crippen molar-refractivity contribution in [2.75, 3.05) is 5.32 Å². The molecule has 2 rings (SSSR count). The standard InChI is InChI=1S/C8H11N5O.C2H6/c1-4(2)11-6-5-7(10-3-9-6)13-8(14)12-5;1-2/h3-4H,1-2H3,(H3,9,10,11,12,13,14);1-2H3. The van der Waals surface area contributed by atoms with Crippen LogP contribution in [0.3, 0.4) is 0 Å². The van der Waals surface area contributed by atoms with Crippen LogP contribution in [0.15, 0.2) is 11.1 Å². The molecular weight excluding hydrogens is 206 g/mol. The van der Waals surface area contributed by atoms with E-state index < -0.39 is 0 Å². The van der Waals surface area contributed by atoms with Crippen LogP contribution >= 0.6 is 0 Å². The number of aromatic amines is 2. The number of nitrogens with one attached hydrogen (secondary N) is 3. The number of rotatable bonds is 2. The van der Waals surface area contributed by atoms with Crippen molar-refractivity contribution in [2.45, 2.75) is 33.7 Å². The zero-order chi connectivity index (χ0) is 12.1. The van der Waals surface area contributed by atoms with Gasteiger partial charge in [-0.15, -0.1) is 0 Å². The first-order valence-corrected chi connectivity index (χ1v) is 5.36. The SMILES string of the molecule is CC.CC(C)Nc1ncnc2[nH]c(=O)[nH]c12. The number of hydrogen-bond acceptors (Lipinski definition) is 4. The normalized spacial score (nSPS) is 10.1. The molecule has 6 heteroatoms. The van der Waals surface area contributed by atoms with Gasteiger partial charge in [-0.3, -0.25) is 4.98 Å². The van der Waals surface area contributed by atoms with Crippen LogP contribution in [-0.4, -0.2) is 26.0 Å². The number of fused-ring (bicyclic) bond motifs is 1. The molecule has 0 aliphatic carbocycles. The monoisotopic (exact) mass is 223 g/mol. The number of anilines is 1. The summed E-state index contributed by atoms with van der Waals surface area (Å²) in [5.74, 6) is 0.642. The zero-order valence-corrected chi connectivity index (χ0v) is 9.96. The van der Waals surface area contributed by atoms with Crippen molar-refractivity contribution in [1.29, 1.82) is 0 Å². The first-order chi connectivity index (χ1) is 7.66. The van der Waals surface area contributed by atoms with Gasteiger partial charge < -0.3 is 10.3 Å². The van der Waals surface area contributed by atoms with Crippen molar-refractivity contribution in [2.24, 2.45) is 0 Å². The maximum absolute atomic E-state index is 11.0. The third-order valence-electron chi connectivity index (χ3n) is 1.74. The summed E-state index contributed by atoms with van der Waals surface area (Å²) in [4.78, 5) is 24.2. The summed E-state index contributed by atoms with van der Waals surface area (Å²) in [6.45, 7) is 8.00. The first kappa shape index (κ1) is 12.2. The third-order valence-corrected chi connectivity index (χ3v) is 1.74. The van der Waals surface area contributed by atoms with Crippen molar-refractivity contribution >= 4 is 17.0 Å². The Morgan fingerprint density at radius 2 is 1.94 bits per heavy atom. The van der Waals surface area contributed by atoms with E-state index >= 15 is 0 Å². The second kappa shape index (κ2) is 5.29. The number of hydrogen-bond donors (Lipinski definition) is 3. The van der Waals surface area contributed by atoms with E-state index in [2.05, 4.69) is 25.3 Å². The van der Waals surface area contributed by atoms with Gasteiger partial charge in [-0.25, -0.2) is 14.8 Å². The van der Waals surface area contributed by atoms with E-state index in [1.807, 2.05) is 27.7 Å². The Morgan fingerprint density at radius 3 is 2.56 bits per heavy atom. The lowest BCUT2D eigenvalue weighted by Crippen LogP contribution is -2.11. The molecule has 0 atom stereocenters. The first-order valence-electron chi connectivity index (χ1n) is 5.36. The minimum Gasteiger partial charge on any atom is -0.366 e. The summed E-state index contributed by atoms with van der Waals surface area (Å²) in [5.41, 5.74) is 0.867. The Balaban J connectivity index is 0.000000606. The predicted octanol–water partition coefficient (Wildman–Crippen LogP) is 1.49. The van der Waals surface area contributed by atoms with Crippen LogP contribution in [0.1, 0.15) is 27.7 Å². The Hall–Kier alpha value is -1.85. The predicted molar refractivity (Wildman–Crippen MR) is 64.6 cm³/mol. The van der Waals surface area contributed by atoms with E-state index in [1.54, 1.807) is 0 Å². The molecule has 6 nitrogen and oxygen atoms in total. The van der Waals surface area contributed by atoms with Crippen LogP contribution in [0.2, 0.25) is 0 Å². The van der Waals surface area contributed by atoms with Gasteiger partial charge in [-0.1, -0.05) is 13.8 Å². The Bertz CT molecular complexity index is 499. The van der Waals surface area contributed by atoms with E-state index in [1.165, 1.54) is 6.33 Å². The molecule has 0 spiro atoms. The minimum absolute atomic E-state index is 0.256. The number of imidazole rings is 1. The maximum atomic E-state index is 11.0. The Labute approximate surface area is 93.5 Å². The highest BCUT2D eigenvalue weighted by atomic mass is 16.1. The molecule has 3 N–H and O–H groups in total. The summed E-state index contributed by atoms with van der Waals surface area (Å²) >= 11 is 0. The van der Waals surface area contributed by atoms with E-state index in [0.29, 0.717) is 17.0 Å². The summed E-state index contributed by atoms with van der Waals surface area (Å²) in [6.07, 6.45) is 1.41. The fraction of sp³-hybridized carbons (Fsp3) is 0.500. The molecule has 0 saturated heterocycles. The van der Waals surface area contributed by atoms with Crippen LogP contribution in [0.5, 0.6) is 0 Å². The van der Waals surface area contributed by atoms with Gasteiger partial charge in [0.1, 0.15) is 11.8 Å². The van der Waals surface area contributed by atoms with E-state index in [4.69, 9.17) is 0 Å².